The molecule has 0 spiro atoms. The fourth-order valence-electron chi connectivity index (χ4n) is 3.47. The van der Waals surface area contributed by atoms with Gasteiger partial charge in [0.05, 0.1) is 5.56 Å². The van der Waals surface area contributed by atoms with Gasteiger partial charge < -0.3 is 14.7 Å². The van der Waals surface area contributed by atoms with Crippen molar-refractivity contribution in [3.8, 4) is 5.75 Å². The topological polar surface area (TPSA) is 48.7 Å². The van der Waals surface area contributed by atoms with Crippen molar-refractivity contribution in [2.75, 3.05) is 13.3 Å². The Balaban J connectivity index is 1.97. The minimum Gasteiger partial charge on any atom is -0.618 e. The highest BCUT2D eigenvalue weighted by Gasteiger charge is 2.76. The number of hydrogen-bond acceptors (Lipinski definition) is 3. The zero-order chi connectivity index (χ0) is 18.7. The number of pyridine rings is 1. The lowest BCUT2D eigenvalue weighted by Gasteiger charge is -2.34. The third kappa shape index (κ3) is 2.13. The molecular weight excluding hydrogens is 361 g/mol. The predicted octanol–water partition coefficient (Wildman–Crippen LogP) is 3.05. The maximum atomic E-state index is 13.7. The van der Waals surface area contributed by atoms with Gasteiger partial charge in [-0.15, -0.1) is 0 Å². The third-order valence-electron chi connectivity index (χ3n) is 4.77. The summed E-state index contributed by atoms with van der Waals surface area (Å²) in [5.41, 5.74) is -4.83. The van der Waals surface area contributed by atoms with E-state index in [0.29, 0.717) is 4.73 Å². The highest BCUT2D eigenvalue weighted by atomic mass is 19.4. The Bertz CT molecular complexity index is 868. The molecule has 2 aliphatic heterocycles. The Labute approximate surface area is 144 Å². The quantitative estimate of drug-likeness (QED) is 0.360. The SMILES string of the molecule is [O-][n+]1ccccc1C12OC1C(CF)(CF)Oc1ccc(C(F)(F)F)cc12. The number of epoxide rings is 1. The van der Waals surface area contributed by atoms with Crippen molar-refractivity contribution in [1.82, 2.24) is 0 Å². The molecule has 4 nitrogen and oxygen atoms in total. The number of fused-ring (bicyclic) bond motifs is 3. The second-order valence-corrected chi connectivity index (χ2v) is 6.29. The van der Waals surface area contributed by atoms with Crippen molar-refractivity contribution in [1.29, 1.82) is 0 Å². The second kappa shape index (κ2) is 5.29. The van der Waals surface area contributed by atoms with Crippen LogP contribution in [0.1, 0.15) is 16.8 Å². The summed E-state index contributed by atoms with van der Waals surface area (Å²) in [6, 6.07) is 6.82. The van der Waals surface area contributed by atoms with Crippen molar-refractivity contribution >= 4 is 0 Å². The number of aromatic nitrogens is 1. The summed E-state index contributed by atoms with van der Waals surface area (Å²) in [6.07, 6.45) is -4.76. The number of ether oxygens (including phenoxy) is 2. The van der Waals surface area contributed by atoms with Crippen LogP contribution >= 0.6 is 0 Å². The fourth-order valence-corrected chi connectivity index (χ4v) is 3.47. The molecule has 2 unspecified atom stereocenters. The molecule has 3 heterocycles. The van der Waals surface area contributed by atoms with Crippen molar-refractivity contribution in [3.05, 3.63) is 64.6 Å². The molecule has 1 fully saturated rings. The molecule has 2 aromatic rings. The molecule has 0 saturated carbocycles. The molecule has 9 heteroatoms. The Morgan fingerprint density at radius 1 is 1.12 bits per heavy atom. The highest BCUT2D eigenvalue weighted by molar-refractivity contribution is 5.53. The molecule has 0 radical (unpaired) electrons. The zero-order valence-corrected chi connectivity index (χ0v) is 13.1. The van der Waals surface area contributed by atoms with Crippen LogP contribution in [0.15, 0.2) is 42.6 Å². The number of hydrogen-bond donors (Lipinski definition) is 0. The van der Waals surface area contributed by atoms with Gasteiger partial charge in [0.25, 0.3) is 0 Å². The van der Waals surface area contributed by atoms with Crippen molar-refractivity contribution < 1.29 is 36.2 Å². The second-order valence-electron chi connectivity index (χ2n) is 6.29. The van der Waals surface area contributed by atoms with E-state index < -0.39 is 42.4 Å². The Morgan fingerprint density at radius 2 is 1.85 bits per heavy atom. The van der Waals surface area contributed by atoms with Crippen molar-refractivity contribution in [2.45, 2.75) is 23.5 Å². The van der Waals surface area contributed by atoms with E-state index in [1.54, 1.807) is 0 Å². The number of benzene rings is 1. The van der Waals surface area contributed by atoms with E-state index in [1.807, 2.05) is 0 Å². The number of alkyl halides is 5. The van der Waals surface area contributed by atoms with Crippen LogP contribution in [0.5, 0.6) is 5.75 Å². The molecule has 138 valence electrons. The lowest BCUT2D eigenvalue weighted by molar-refractivity contribution is -0.617. The molecule has 26 heavy (non-hydrogen) atoms. The van der Waals surface area contributed by atoms with Crippen molar-refractivity contribution in [3.63, 3.8) is 0 Å². The van der Waals surface area contributed by atoms with Crippen LogP contribution in [0.2, 0.25) is 0 Å². The van der Waals surface area contributed by atoms with Gasteiger partial charge in [-0.3, -0.25) is 0 Å². The Morgan fingerprint density at radius 3 is 2.46 bits per heavy atom. The average molecular weight is 373 g/mol. The van der Waals surface area contributed by atoms with E-state index in [1.165, 1.54) is 18.2 Å². The number of halogens is 5. The summed E-state index contributed by atoms with van der Waals surface area (Å²) in [4.78, 5) is 0. The van der Waals surface area contributed by atoms with Gasteiger partial charge in [-0.2, -0.15) is 17.9 Å². The van der Waals surface area contributed by atoms with Gasteiger partial charge in [0, 0.05) is 17.7 Å². The summed E-state index contributed by atoms with van der Waals surface area (Å²) >= 11 is 0. The van der Waals surface area contributed by atoms with E-state index >= 15 is 0 Å². The average Bonchev–Trinajstić information content (AvgIpc) is 3.38. The highest BCUT2D eigenvalue weighted by Crippen LogP contribution is 2.62. The van der Waals surface area contributed by atoms with E-state index in [-0.39, 0.29) is 17.0 Å². The summed E-state index contributed by atoms with van der Waals surface area (Å²) in [6.45, 7) is -2.52. The van der Waals surface area contributed by atoms with E-state index in [4.69, 9.17) is 9.47 Å². The maximum Gasteiger partial charge on any atom is 0.416 e. The first-order chi connectivity index (χ1) is 12.3. The van der Waals surface area contributed by atoms with Crippen LogP contribution < -0.4 is 9.47 Å². The number of rotatable bonds is 3. The normalized spacial score (nSPS) is 25.8. The van der Waals surface area contributed by atoms with Crippen LogP contribution in [-0.2, 0) is 16.5 Å². The third-order valence-corrected chi connectivity index (χ3v) is 4.77. The Kier molecular flexibility index (Phi) is 3.46. The van der Waals surface area contributed by atoms with Gasteiger partial charge >= 0.3 is 6.18 Å². The fraction of sp³-hybridized carbons (Fsp3) is 0.353. The van der Waals surface area contributed by atoms with E-state index in [2.05, 4.69) is 0 Å². The van der Waals surface area contributed by atoms with E-state index in [0.717, 1.165) is 24.4 Å². The molecule has 1 saturated heterocycles. The molecule has 2 aliphatic rings. The van der Waals surface area contributed by atoms with Crippen LogP contribution in [0, 0.1) is 5.21 Å². The van der Waals surface area contributed by atoms with Gasteiger partial charge in [-0.25, -0.2) is 8.78 Å². The zero-order valence-electron chi connectivity index (χ0n) is 13.1. The molecule has 1 aromatic carbocycles. The lowest BCUT2D eigenvalue weighted by atomic mass is 9.80. The summed E-state index contributed by atoms with van der Waals surface area (Å²) in [5.74, 6) is -0.147. The smallest absolute Gasteiger partial charge is 0.416 e. The predicted molar refractivity (Wildman–Crippen MR) is 77.8 cm³/mol. The van der Waals surface area contributed by atoms with Gasteiger partial charge in [0.15, 0.2) is 11.8 Å². The molecular formula is C17H12F5NO3. The minimum atomic E-state index is -4.64. The first kappa shape index (κ1) is 17.0. The maximum absolute atomic E-state index is 13.7. The molecule has 2 atom stereocenters. The van der Waals surface area contributed by atoms with Gasteiger partial charge in [-0.05, 0) is 24.3 Å². The largest absolute Gasteiger partial charge is 0.618 e. The summed E-state index contributed by atoms with van der Waals surface area (Å²) in [7, 11) is 0. The summed E-state index contributed by atoms with van der Waals surface area (Å²) < 4.78 is 78.0. The first-order valence-electron chi connectivity index (χ1n) is 7.68. The molecule has 4 rings (SSSR count). The lowest BCUT2D eigenvalue weighted by Crippen LogP contribution is -2.53. The van der Waals surface area contributed by atoms with Crippen LogP contribution in [-0.4, -0.2) is 25.1 Å². The molecule has 0 aliphatic carbocycles. The minimum absolute atomic E-state index is 0.0554. The van der Waals surface area contributed by atoms with Gasteiger partial charge in [0.1, 0.15) is 25.2 Å². The van der Waals surface area contributed by atoms with Crippen LogP contribution in [0.25, 0.3) is 0 Å². The molecule has 1 aromatic heterocycles. The molecule has 0 bridgehead atoms. The summed E-state index contributed by atoms with van der Waals surface area (Å²) in [5, 5.41) is 12.2. The standard InChI is InChI=1S/C17H12F5NO3/c18-8-15(9-19)14-16(26-14,13-3-1-2-6-23(13)24)11-7-10(17(20,21)22)4-5-12(11)25-15/h1-7,14H,8-9H2. The van der Waals surface area contributed by atoms with Crippen LogP contribution in [0.4, 0.5) is 22.0 Å². The van der Waals surface area contributed by atoms with E-state index in [9.17, 15) is 27.2 Å². The van der Waals surface area contributed by atoms with Gasteiger partial charge in [-0.1, -0.05) is 0 Å². The number of nitrogens with zero attached hydrogens (tertiary/aromatic N) is 1. The monoisotopic (exact) mass is 373 g/mol. The first-order valence-corrected chi connectivity index (χ1v) is 7.68. The Hall–Kier alpha value is -2.42. The van der Waals surface area contributed by atoms with Gasteiger partial charge in [0.2, 0.25) is 11.3 Å². The van der Waals surface area contributed by atoms with Crippen molar-refractivity contribution in [2.24, 2.45) is 0 Å². The molecule has 0 amide bonds. The molecule has 0 N–H and O–H groups in total. The van der Waals surface area contributed by atoms with Crippen LogP contribution in [0.3, 0.4) is 0 Å².